The molecule has 16 heavy (non-hydrogen) atoms. The monoisotopic (exact) mass is 293 g/mol. The molecule has 0 saturated heterocycles. The first-order valence-corrected chi connectivity index (χ1v) is 7.15. The average molecular weight is 294 g/mol. The Bertz CT molecular complexity index is 186. The van der Waals surface area contributed by atoms with Crippen molar-refractivity contribution in [3.8, 4) is 0 Å². The van der Waals surface area contributed by atoms with Gasteiger partial charge in [-0.25, -0.2) is 0 Å². The number of nitrogens with zero attached hydrogens (tertiary/aromatic N) is 1. The summed E-state index contributed by atoms with van der Waals surface area (Å²) >= 11 is 3.63. The molecule has 0 amide bonds. The number of hydrogen-bond donors (Lipinski definition) is 0. The van der Waals surface area contributed by atoms with Gasteiger partial charge in [-0.15, -0.1) is 0 Å². The number of alkyl halides is 1. The second-order valence-electron chi connectivity index (χ2n) is 4.75. The van der Waals surface area contributed by atoms with E-state index in [1.165, 1.54) is 19.4 Å². The van der Waals surface area contributed by atoms with E-state index in [9.17, 15) is 0 Å². The Labute approximate surface area is 108 Å². The molecular formula is C12H24BrNO2. The normalized spacial score (nSPS) is 18.0. The molecule has 0 atom stereocenters. The molecule has 0 spiro atoms. The Hall–Kier alpha value is 0.360. The van der Waals surface area contributed by atoms with Gasteiger partial charge in [-0.05, 0) is 24.7 Å². The van der Waals surface area contributed by atoms with E-state index in [-0.39, 0.29) is 0 Å². The third kappa shape index (κ3) is 5.13. The van der Waals surface area contributed by atoms with Crippen molar-refractivity contribution in [3.63, 3.8) is 0 Å². The Morgan fingerprint density at radius 1 is 1.12 bits per heavy atom. The van der Waals surface area contributed by atoms with Crippen LogP contribution in [0.4, 0.5) is 0 Å². The van der Waals surface area contributed by atoms with Gasteiger partial charge in [-0.2, -0.15) is 0 Å². The van der Waals surface area contributed by atoms with Gasteiger partial charge in [0.05, 0.1) is 6.61 Å². The van der Waals surface area contributed by atoms with Crippen LogP contribution in [0.15, 0.2) is 0 Å². The number of ether oxygens (including phenoxy) is 2. The summed E-state index contributed by atoms with van der Waals surface area (Å²) in [5.74, 6) is 0. The summed E-state index contributed by atoms with van der Waals surface area (Å²) in [4.78, 5) is 2.51. The SMILES string of the molecule is COCCCN(CCOC)CC1(CBr)CC1. The van der Waals surface area contributed by atoms with Crippen LogP contribution in [0.5, 0.6) is 0 Å². The molecule has 1 rings (SSSR count). The van der Waals surface area contributed by atoms with Gasteiger partial charge in [0.2, 0.25) is 0 Å². The zero-order valence-corrected chi connectivity index (χ0v) is 12.1. The predicted octanol–water partition coefficient (Wildman–Crippen LogP) is 2.15. The summed E-state index contributed by atoms with van der Waals surface area (Å²) in [6, 6.07) is 0. The van der Waals surface area contributed by atoms with E-state index in [1.807, 2.05) is 0 Å². The fourth-order valence-electron chi connectivity index (χ4n) is 1.91. The van der Waals surface area contributed by atoms with Gasteiger partial charge < -0.3 is 14.4 Å². The molecule has 0 unspecified atom stereocenters. The van der Waals surface area contributed by atoms with Gasteiger partial charge in [0.25, 0.3) is 0 Å². The van der Waals surface area contributed by atoms with E-state index >= 15 is 0 Å². The molecule has 0 aliphatic heterocycles. The maximum Gasteiger partial charge on any atom is 0.0589 e. The van der Waals surface area contributed by atoms with Gasteiger partial charge in [0.1, 0.15) is 0 Å². The fraction of sp³-hybridized carbons (Fsp3) is 1.00. The standard InChI is InChI=1S/C12H24BrNO2/c1-15-8-3-6-14(7-9-16-2)11-12(10-13)4-5-12/h3-11H2,1-2H3. The van der Waals surface area contributed by atoms with Crippen LogP contribution in [-0.2, 0) is 9.47 Å². The zero-order chi connectivity index (χ0) is 11.9. The van der Waals surface area contributed by atoms with E-state index in [1.54, 1.807) is 14.2 Å². The van der Waals surface area contributed by atoms with Crippen LogP contribution in [0.25, 0.3) is 0 Å². The Morgan fingerprint density at radius 3 is 2.31 bits per heavy atom. The van der Waals surface area contributed by atoms with Gasteiger partial charge in [0.15, 0.2) is 0 Å². The van der Waals surface area contributed by atoms with Gasteiger partial charge in [0, 0.05) is 45.8 Å². The van der Waals surface area contributed by atoms with Crippen LogP contribution < -0.4 is 0 Å². The minimum Gasteiger partial charge on any atom is -0.385 e. The number of rotatable bonds is 10. The molecule has 0 bridgehead atoms. The van der Waals surface area contributed by atoms with Crippen molar-refractivity contribution >= 4 is 15.9 Å². The molecule has 3 nitrogen and oxygen atoms in total. The van der Waals surface area contributed by atoms with Gasteiger partial charge in [-0.3, -0.25) is 0 Å². The molecule has 0 radical (unpaired) electrons. The van der Waals surface area contributed by atoms with Crippen molar-refractivity contribution in [1.82, 2.24) is 4.90 Å². The lowest BCUT2D eigenvalue weighted by molar-refractivity contribution is 0.122. The number of hydrogen-bond acceptors (Lipinski definition) is 3. The highest BCUT2D eigenvalue weighted by molar-refractivity contribution is 9.09. The second-order valence-corrected chi connectivity index (χ2v) is 5.31. The minimum atomic E-state index is 0.556. The van der Waals surface area contributed by atoms with E-state index < -0.39 is 0 Å². The summed E-state index contributed by atoms with van der Waals surface area (Å²) in [5, 5.41) is 1.13. The van der Waals surface area contributed by atoms with Crippen LogP contribution >= 0.6 is 15.9 Å². The van der Waals surface area contributed by atoms with Crippen molar-refractivity contribution in [1.29, 1.82) is 0 Å². The van der Waals surface area contributed by atoms with Gasteiger partial charge in [-0.1, -0.05) is 15.9 Å². The van der Waals surface area contributed by atoms with Crippen LogP contribution in [-0.4, -0.2) is 57.3 Å². The zero-order valence-electron chi connectivity index (χ0n) is 10.5. The highest BCUT2D eigenvalue weighted by Crippen LogP contribution is 2.47. The first-order valence-electron chi connectivity index (χ1n) is 6.02. The van der Waals surface area contributed by atoms with Crippen LogP contribution in [0.3, 0.4) is 0 Å². The quantitative estimate of drug-likeness (QED) is 0.455. The lowest BCUT2D eigenvalue weighted by atomic mass is 10.1. The van der Waals surface area contributed by atoms with Crippen LogP contribution in [0.2, 0.25) is 0 Å². The van der Waals surface area contributed by atoms with Crippen molar-refractivity contribution in [3.05, 3.63) is 0 Å². The molecule has 96 valence electrons. The Kier molecular flexibility index (Phi) is 6.89. The average Bonchev–Trinajstić information content (AvgIpc) is 3.06. The third-order valence-electron chi connectivity index (χ3n) is 3.23. The molecular weight excluding hydrogens is 270 g/mol. The molecule has 1 saturated carbocycles. The molecule has 0 heterocycles. The summed E-state index contributed by atoms with van der Waals surface area (Å²) in [6.45, 7) is 5.03. The smallest absolute Gasteiger partial charge is 0.0589 e. The number of methoxy groups -OCH3 is 2. The van der Waals surface area contributed by atoms with Crippen molar-refractivity contribution in [2.24, 2.45) is 5.41 Å². The lowest BCUT2D eigenvalue weighted by Gasteiger charge is -2.26. The van der Waals surface area contributed by atoms with E-state index in [0.29, 0.717) is 5.41 Å². The van der Waals surface area contributed by atoms with E-state index in [4.69, 9.17) is 9.47 Å². The Balaban J connectivity index is 2.25. The highest BCUT2D eigenvalue weighted by atomic mass is 79.9. The molecule has 0 aromatic rings. The topological polar surface area (TPSA) is 21.7 Å². The summed E-state index contributed by atoms with van der Waals surface area (Å²) in [6.07, 6.45) is 3.84. The minimum absolute atomic E-state index is 0.556. The molecule has 1 aliphatic carbocycles. The fourth-order valence-corrected chi connectivity index (χ4v) is 2.65. The molecule has 1 fully saturated rings. The highest BCUT2D eigenvalue weighted by Gasteiger charge is 2.42. The van der Waals surface area contributed by atoms with Gasteiger partial charge >= 0.3 is 0 Å². The van der Waals surface area contributed by atoms with Crippen molar-refractivity contribution < 1.29 is 9.47 Å². The first kappa shape index (κ1) is 14.4. The summed E-state index contributed by atoms with van der Waals surface area (Å²) < 4.78 is 10.3. The van der Waals surface area contributed by atoms with Crippen LogP contribution in [0.1, 0.15) is 19.3 Å². The van der Waals surface area contributed by atoms with Crippen molar-refractivity contribution in [2.45, 2.75) is 19.3 Å². The predicted molar refractivity (Wildman–Crippen MR) is 70.3 cm³/mol. The lowest BCUT2D eigenvalue weighted by Crippen LogP contribution is -2.35. The summed E-state index contributed by atoms with van der Waals surface area (Å²) in [5.41, 5.74) is 0.556. The molecule has 0 N–H and O–H groups in total. The number of halogens is 1. The molecule has 0 aromatic carbocycles. The first-order chi connectivity index (χ1) is 7.76. The molecule has 4 heteroatoms. The third-order valence-corrected chi connectivity index (χ3v) is 4.42. The summed E-state index contributed by atoms with van der Waals surface area (Å²) in [7, 11) is 3.53. The molecule has 0 aromatic heterocycles. The maximum atomic E-state index is 5.16. The van der Waals surface area contributed by atoms with Crippen molar-refractivity contribution in [2.75, 3.05) is 52.4 Å². The Morgan fingerprint density at radius 2 is 1.81 bits per heavy atom. The van der Waals surface area contributed by atoms with Crippen LogP contribution in [0, 0.1) is 5.41 Å². The second kappa shape index (κ2) is 7.64. The maximum absolute atomic E-state index is 5.16. The molecule has 1 aliphatic rings. The van der Waals surface area contributed by atoms with E-state index in [0.717, 1.165) is 38.1 Å². The van der Waals surface area contributed by atoms with E-state index in [2.05, 4.69) is 20.8 Å². The largest absolute Gasteiger partial charge is 0.385 e.